The summed E-state index contributed by atoms with van der Waals surface area (Å²) < 4.78 is 42.1. The van der Waals surface area contributed by atoms with Crippen LogP contribution in [0.4, 0.5) is 10.1 Å². The van der Waals surface area contributed by atoms with Crippen LogP contribution in [0.25, 0.3) is 0 Å². The quantitative estimate of drug-likeness (QED) is 0.714. The number of aliphatic hydroxyl groups is 1. The highest BCUT2D eigenvalue weighted by atomic mass is 32.2. The summed E-state index contributed by atoms with van der Waals surface area (Å²) in [6, 6.07) is 5.45. The van der Waals surface area contributed by atoms with Crippen molar-refractivity contribution in [2.24, 2.45) is 0 Å². The Labute approximate surface area is 151 Å². The molecule has 0 bridgehead atoms. The fraction of sp³-hybridized carbons (Fsp3) is 0.278. The molecule has 0 saturated heterocycles. The second kappa shape index (κ2) is 7.43. The molecular weight excluding hydrogens is 361 g/mol. The fourth-order valence-electron chi connectivity index (χ4n) is 3.04. The van der Waals surface area contributed by atoms with Gasteiger partial charge in [-0.05, 0) is 49.1 Å². The van der Waals surface area contributed by atoms with Gasteiger partial charge in [0, 0.05) is 5.56 Å². The molecule has 0 amide bonds. The Kier molecular flexibility index (Phi) is 5.68. The lowest BCUT2D eigenvalue weighted by Crippen LogP contribution is -2.19. The number of para-hydroxylation sites is 1. The summed E-state index contributed by atoms with van der Waals surface area (Å²) in [5, 5.41) is 18.4. The predicted octanol–water partition coefficient (Wildman–Crippen LogP) is 2.67. The molecule has 0 aliphatic rings. The summed E-state index contributed by atoms with van der Waals surface area (Å²) in [4.78, 5) is 11.0. The molecule has 0 radical (unpaired) electrons. The lowest BCUT2D eigenvalue weighted by atomic mass is 9.97. The summed E-state index contributed by atoms with van der Waals surface area (Å²) in [5.74, 6) is -1.89. The number of hydrogen-bond acceptors (Lipinski definition) is 4. The maximum atomic E-state index is 14.1. The van der Waals surface area contributed by atoms with Crippen molar-refractivity contribution < 1.29 is 27.8 Å². The van der Waals surface area contributed by atoms with Gasteiger partial charge in [0.05, 0.1) is 23.6 Å². The van der Waals surface area contributed by atoms with E-state index in [4.69, 9.17) is 5.11 Å². The Morgan fingerprint density at radius 1 is 1.19 bits per heavy atom. The van der Waals surface area contributed by atoms with E-state index in [9.17, 15) is 22.7 Å². The third-order valence-electron chi connectivity index (χ3n) is 4.16. The second-order valence-electron chi connectivity index (χ2n) is 6.05. The van der Waals surface area contributed by atoms with Gasteiger partial charge in [-0.25, -0.2) is 12.8 Å². The van der Waals surface area contributed by atoms with Crippen LogP contribution in [-0.2, 0) is 27.8 Å². The number of nitrogens with one attached hydrogen (secondary N) is 1. The zero-order valence-electron chi connectivity index (χ0n) is 14.6. The van der Waals surface area contributed by atoms with E-state index in [1.54, 1.807) is 19.9 Å². The molecule has 0 unspecified atom stereocenters. The van der Waals surface area contributed by atoms with Gasteiger partial charge in [-0.15, -0.1) is 0 Å². The number of aliphatic hydroxyl groups excluding tert-OH is 1. The number of rotatable bonds is 6. The third-order valence-corrected chi connectivity index (χ3v) is 5.80. The molecule has 140 valence electrons. The van der Waals surface area contributed by atoms with Crippen molar-refractivity contribution in [3.05, 3.63) is 57.9 Å². The molecule has 0 aliphatic carbocycles. The number of aryl methyl sites for hydroxylation is 2. The van der Waals surface area contributed by atoms with Crippen molar-refractivity contribution in [3.8, 4) is 0 Å². The molecule has 2 rings (SSSR count). The SMILES string of the molecule is Cc1cc(C)c(S(=O)(=O)Nc2c(F)cccc2CO)c(C)c1CC(=O)O. The normalized spacial score (nSPS) is 11.4. The minimum absolute atomic E-state index is 0.0912. The lowest BCUT2D eigenvalue weighted by Gasteiger charge is -2.19. The second-order valence-corrected chi connectivity index (χ2v) is 7.67. The van der Waals surface area contributed by atoms with Crippen LogP contribution in [0.5, 0.6) is 0 Å². The van der Waals surface area contributed by atoms with Gasteiger partial charge >= 0.3 is 5.97 Å². The number of halogens is 1. The Balaban J connectivity index is 2.62. The Bertz CT molecular complexity index is 970. The van der Waals surface area contributed by atoms with E-state index in [1.165, 1.54) is 19.1 Å². The minimum Gasteiger partial charge on any atom is -0.481 e. The number of sulfonamides is 1. The highest BCUT2D eigenvalue weighted by molar-refractivity contribution is 7.92. The van der Waals surface area contributed by atoms with Crippen LogP contribution >= 0.6 is 0 Å². The molecular formula is C18H20FNO5S. The van der Waals surface area contributed by atoms with Crippen LogP contribution in [0.15, 0.2) is 29.2 Å². The van der Waals surface area contributed by atoms with Gasteiger partial charge in [0.2, 0.25) is 0 Å². The minimum atomic E-state index is -4.20. The van der Waals surface area contributed by atoms with Crippen LogP contribution in [0.1, 0.15) is 27.8 Å². The standard InChI is InChI=1S/C18H20FNO5S/c1-10-7-11(2)18(12(3)14(10)8-16(22)23)26(24,25)20-17-13(9-21)5-4-6-15(17)19/h4-7,20-21H,8-9H2,1-3H3,(H,22,23). The summed E-state index contributed by atoms with van der Waals surface area (Å²) in [5.41, 5.74) is 1.57. The number of anilines is 1. The highest BCUT2D eigenvalue weighted by Crippen LogP contribution is 2.30. The van der Waals surface area contributed by atoms with E-state index in [0.717, 1.165) is 6.07 Å². The van der Waals surface area contributed by atoms with E-state index in [-0.39, 0.29) is 22.6 Å². The van der Waals surface area contributed by atoms with Crippen molar-refractivity contribution in [1.29, 1.82) is 0 Å². The molecule has 2 aromatic rings. The smallest absolute Gasteiger partial charge is 0.307 e. The van der Waals surface area contributed by atoms with Gasteiger partial charge in [0.15, 0.2) is 0 Å². The van der Waals surface area contributed by atoms with Crippen molar-refractivity contribution in [2.75, 3.05) is 4.72 Å². The molecule has 2 aromatic carbocycles. The Morgan fingerprint density at radius 3 is 2.42 bits per heavy atom. The molecule has 0 aliphatic heterocycles. The molecule has 0 aromatic heterocycles. The zero-order chi connectivity index (χ0) is 19.6. The van der Waals surface area contributed by atoms with Crippen LogP contribution in [-0.4, -0.2) is 24.6 Å². The lowest BCUT2D eigenvalue weighted by molar-refractivity contribution is -0.136. The van der Waals surface area contributed by atoms with Crippen molar-refractivity contribution in [2.45, 2.75) is 38.7 Å². The average molecular weight is 381 g/mol. The Hall–Kier alpha value is -2.45. The summed E-state index contributed by atoms with van der Waals surface area (Å²) in [6.07, 6.45) is -0.317. The maximum absolute atomic E-state index is 14.1. The highest BCUT2D eigenvalue weighted by Gasteiger charge is 2.25. The predicted molar refractivity (Wildman–Crippen MR) is 95.1 cm³/mol. The van der Waals surface area contributed by atoms with Gasteiger partial charge < -0.3 is 10.2 Å². The summed E-state index contributed by atoms with van der Waals surface area (Å²) >= 11 is 0. The van der Waals surface area contributed by atoms with Crippen molar-refractivity contribution >= 4 is 21.7 Å². The van der Waals surface area contributed by atoms with Crippen LogP contribution in [0.2, 0.25) is 0 Å². The fourth-order valence-corrected chi connectivity index (χ4v) is 4.65. The molecule has 0 fully saturated rings. The molecule has 26 heavy (non-hydrogen) atoms. The van der Waals surface area contributed by atoms with Gasteiger partial charge in [-0.3, -0.25) is 9.52 Å². The van der Waals surface area contributed by atoms with Crippen molar-refractivity contribution in [3.63, 3.8) is 0 Å². The molecule has 0 heterocycles. The molecule has 0 saturated carbocycles. The third kappa shape index (κ3) is 3.86. The number of benzene rings is 2. The van der Waals surface area contributed by atoms with Gasteiger partial charge in [0.1, 0.15) is 5.82 Å². The number of carbonyl (C=O) groups is 1. The van der Waals surface area contributed by atoms with Crippen LogP contribution in [0, 0.1) is 26.6 Å². The first-order chi connectivity index (χ1) is 12.1. The van der Waals surface area contributed by atoms with Gasteiger partial charge in [-0.1, -0.05) is 18.2 Å². The monoisotopic (exact) mass is 381 g/mol. The molecule has 0 spiro atoms. The molecule has 0 atom stereocenters. The van der Waals surface area contributed by atoms with Gasteiger partial charge in [0.25, 0.3) is 10.0 Å². The van der Waals surface area contributed by atoms with E-state index >= 15 is 0 Å². The topological polar surface area (TPSA) is 104 Å². The number of aliphatic carboxylic acids is 1. The van der Waals surface area contributed by atoms with E-state index in [0.29, 0.717) is 22.3 Å². The van der Waals surface area contributed by atoms with Crippen molar-refractivity contribution in [1.82, 2.24) is 0 Å². The summed E-state index contributed by atoms with van der Waals surface area (Å²) in [7, 11) is -4.20. The van der Waals surface area contributed by atoms with Crippen LogP contribution < -0.4 is 4.72 Å². The summed E-state index contributed by atoms with van der Waals surface area (Å²) in [6.45, 7) is 4.29. The molecule has 8 heteroatoms. The number of hydrogen-bond donors (Lipinski definition) is 3. The Morgan fingerprint density at radius 2 is 1.85 bits per heavy atom. The van der Waals surface area contributed by atoms with E-state index in [1.807, 2.05) is 0 Å². The van der Waals surface area contributed by atoms with Gasteiger partial charge in [-0.2, -0.15) is 0 Å². The first-order valence-electron chi connectivity index (χ1n) is 7.81. The maximum Gasteiger partial charge on any atom is 0.307 e. The first kappa shape index (κ1) is 19.9. The number of carboxylic acids is 1. The zero-order valence-corrected chi connectivity index (χ0v) is 15.4. The largest absolute Gasteiger partial charge is 0.481 e. The van der Waals surface area contributed by atoms with E-state index in [2.05, 4.69) is 4.72 Å². The number of carboxylic acid groups (broad SMARTS) is 1. The molecule has 3 N–H and O–H groups in total. The average Bonchev–Trinajstić information content (AvgIpc) is 2.52. The van der Waals surface area contributed by atoms with E-state index < -0.39 is 28.4 Å². The first-order valence-corrected chi connectivity index (χ1v) is 9.29. The molecule has 6 nitrogen and oxygen atoms in total. The van der Waals surface area contributed by atoms with Crippen LogP contribution in [0.3, 0.4) is 0 Å².